The van der Waals surface area contributed by atoms with Crippen LogP contribution < -0.4 is 5.32 Å². The van der Waals surface area contributed by atoms with Gasteiger partial charge in [0.15, 0.2) is 0 Å². The number of carboxylic acid groups (broad SMARTS) is 1. The lowest BCUT2D eigenvalue weighted by Gasteiger charge is -2.30. The Labute approximate surface area is 132 Å². The molecule has 0 aliphatic carbocycles. The van der Waals surface area contributed by atoms with Gasteiger partial charge >= 0.3 is 12.0 Å². The van der Waals surface area contributed by atoms with Crippen molar-refractivity contribution in [3.8, 4) is 0 Å². The molecule has 0 atom stereocenters. The summed E-state index contributed by atoms with van der Waals surface area (Å²) in [5.41, 5.74) is 0.276. The molecule has 1 aliphatic heterocycles. The Bertz CT molecular complexity index is 685. The summed E-state index contributed by atoms with van der Waals surface area (Å²) in [5.74, 6) is -2.71. The molecule has 0 spiro atoms. The maximum atomic E-state index is 12.4. The molecule has 1 fully saturated rings. The minimum Gasteiger partial charge on any atom is -0.480 e. The molecule has 0 aromatic heterocycles. The van der Waals surface area contributed by atoms with Crippen molar-refractivity contribution in [3.05, 3.63) is 41.5 Å². The van der Waals surface area contributed by atoms with E-state index in [0.29, 0.717) is 5.56 Å². The summed E-state index contributed by atoms with van der Waals surface area (Å²) in [6.07, 6.45) is 0. The largest absolute Gasteiger partial charge is 0.480 e. The topological polar surface area (TPSA) is 107 Å². The SMILES string of the molecule is CN1C(=O)C(=C(NCC(=O)O)c2ccccc2)C(=O)N(C)C1=O. The maximum Gasteiger partial charge on any atom is 0.333 e. The number of hydrogen-bond donors (Lipinski definition) is 2. The number of carboxylic acids is 1. The van der Waals surface area contributed by atoms with Gasteiger partial charge in [-0.3, -0.25) is 24.2 Å². The van der Waals surface area contributed by atoms with Gasteiger partial charge in [-0.05, 0) is 5.56 Å². The monoisotopic (exact) mass is 317 g/mol. The smallest absolute Gasteiger partial charge is 0.333 e. The molecule has 0 radical (unpaired) electrons. The van der Waals surface area contributed by atoms with E-state index in [1.165, 1.54) is 14.1 Å². The van der Waals surface area contributed by atoms with E-state index >= 15 is 0 Å². The second-order valence-corrected chi connectivity index (χ2v) is 4.87. The van der Waals surface area contributed by atoms with Crippen LogP contribution in [0.1, 0.15) is 5.56 Å². The predicted molar refractivity (Wildman–Crippen MR) is 79.9 cm³/mol. The molecule has 1 aliphatic rings. The van der Waals surface area contributed by atoms with Crippen molar-refractivity contribution >= 4 is 29.5 Å². The summed E-state index contributed by atoms with van der Waals surface area (Å²) in [5, 5.41) is 11.5. The molecule has 0 bridgehead atoms. The third-order valence-electron chi connectivity index (χ3n) is 3.34. The highest BCUT2D eigenvalue weighted by Crippen LogP contribution is 2.23. The van der Waals surface area contributed by atoms with E-state index in [0.717, 1.165) is 9.80 Å². The fourth-order valence-electron chi connectivity index (χ4n) is 2.14. The second-order valence-electron chi connectivity index (χ2n) is 4.87. The predicted octanol–water partition coefficient (Wildman–Crippen LogP) is 0.122. The number of rotatable bonds is 4. The number of amides is 4. The summed E-state index contributed by atoms with van der Waals surface area (Å²) in [6, 6.07) is 7.65. The van der Waals surface area contributed by atoms with Crippen LogP contribution >= 0.6 is 0 Å². The Morgan fingerprint density at radius 1 is 1.04 bits per heavy atom. The molecule has 0 unspecified atom stereocenters. The average Bonchev–Trinajstić information content (AvgIpc) is 2.54. The molecule has 23 heavy (non-hydrogen) atoms. The van der Waals surface area contributed by atoms with Crippen molar-refractivity contribution in [2.75, 3.05) is 20.6 Å². The summed E-state index contributed by atoms with van der Waals surface area (Å²) < 4.78 is 0. The van der Waals surface area contributed by atoms with E-state index in [2.05, 4.69) is 5.32 Å². The minimum atomic E-state index is -1.15. The summed E-state index contributed by atoms with van der Waals surface area (Å²) >= 11 is 0. The molecule has 1 heterocycles. The van der Waals surface area contributed by atoms with Crippen molar-refractivity contribution in [1.82, 2.24) is 15.1 Å². The Morgan fingerprint density at radius 2 is 1.57 bits per heavy atom. The normalized spacial score (nSPS) is 15.0. The van der Waals surface area contributed by atoms with Gasteiger partial charge in [0.1, 0.15) is 12.1 Å². The maximum absolute atomic E-state index is 12.4. The van der Waals surface area contributed by atoms with E-state index in [1.54, 1.807) is 30.3 Å². The van der Waals surface area contributed by atoms with Gasteiger partial charge in [-0.15, -0.1) is 0 Å². The quantitative estimate of drug-likeness (QED) is 0.603. The zero-order valence-electron chi connectivity index (χ0n) is 12.6. The summed E-state index contributed by atoms with van der Waals surface area (Å²) in [4.78, 5) is 49.0. The lowest BCUT2D eigenvalue weighted by atomic mass is 10.0. The van der Waals surface area contributed by atoms with E-state index in [-0.39, 0.29) is 11.3 Å². The number of aliphatic carboxylic acids is 1. The molecule has 8 heteroatoms. The summed E-state index contributed by atoms with van der Waals surface area (Å²) in [7, 11) is 2.51. The fourth-order valence-corrected chi connectivity index (χ4v) is 2.14. The first kappa shape index (κ1) is 16.2. The van der Waals surface area contributed by atoms with Gasteiger partial charge in [0.2, 0.25) is 0 Å². The molecule has 2 rings (SSSR count). The van der Waals surface area contributed by atoms with E-state index < -0.39 is 30.4 Å². The number of imide groups is 2. The molecule has 1 aromatic carbocycles. The van der Waals surface area contributed by atoms with E-state index in [1.807, 2.05) is 0 Å². The highest BCUT2D eigenvalue weighted by Gasteiger charge is 2.40. The van der Waals surface area contributed by atoms with Crippen molar-refractivity contribution in [1.29, 1.82) is 0 Å². The van der Waals surface area contributed by atoms with Crippen LogP contribution in [0, 0.1) is 0 Å². The molecule has 8 nitrogen and oxygen atoms in total. The number of benzene rings is 1. The van der Waals surface area contributed by atoms with Gasteiger partial charge < -0.3 is 10.4 Å². The number of nitrogens with one attached hydrogen (secondary N) is 1. The van der Waals surface area contributed by atoms with Gasteiger partial charge in [-0.1, -0.05) is 30.3 Å². The van der Waals surface area contributed by atoms with Crippen molar-refractivity contribution < 1.29 is 24.3 Å². The molecular formula is C15H15N3O5. The zero-order valence-corrected chi connectivity index (χ0v) is 12.6. The number of carbonyl (C=O) groups excluding carboxylic acids is 3. The lowest BCUT2D eigenvalue weighted by Crippen LogP contribution is -2.53. The zero-order chi connectivity index (χ0) is 17.1. The standard InChI is InChI=1S/C15H15N3O5/c1-17-13(21)11(14(22)18(2)15(17)23)12(16-8-10(19)20)9-6-4-3-5-7-9/h3-7,16H,8H2,1-2H3,(H,19,20). The number of nitrogens with zero attached hydrogens (tertiary/aromatic N) is 2. The Kier molecular flexibility index (Phi) is 4.44. The van der Waals surface area contributed by atoms with Crippen molar-refractivity contribution in [2.24, 2.45) is 0 Å². The van der Waals surface area contributed by atoms with Crippen LogP contribution in [0.3, 0.4) is 0 Å². The average molecular weight is 317 g/mol. The third-order valence-corrected chi connectivity index (χ3v) is 3.34. The Morgan fingerprint density at radius 3 is 2.04 bits per heavy atom. The van der Waals surface area contributed by atoms with Gasteiger partial charge in [0, 0.05) is 14.1 Å². The van der Waals surface area contributed by atoms with Gasteiger partial charge in [0.05, 0.1) is 5.70 Å². The van der Waals surface area contributed by atoms with Gasteiger partial charge in [-0.25, -0.2) is 4.79 Å². The van der Waals surface area contributed by atoms with Crippen LogP contribution in [0.4, 0.5) is 4.79 Å². The Hall–Kier alpha value is -3.16. The van der Waals surface area contributed by atoms with Crippen LogP contribution in [0.25, 0.3) is 5.70 Å². The highest BCUT2D eigenvalue weighted by molar-refractivity contribution is 6.31. The first-order valence-electron chi connectivity index (χ1n) is 6.70. The number of urea groups is 1. The van der Waals surface area contributed by atoms with Crippen LogP contribution in [-0.2, 0) is 14.4 Å². The molecule has 1 aromatic rings. The van der Waals surface area contributed by atoms with Gasteiger partial charge in [0.25, 0.3) is 11.8 Å². The first-order valence-corrected chi connectivity index (χ1v) is 6.70. The molecule has 0 saturated carbocycles. The lowest BCUT2D eigenvalue weighted by molar-refractivity contribution is -0.136. The fraction of sp³-hybridized carbons (Fsp3) is 0.200. The Balaban J connectivity index is 2.60. The minimum absolute atomic E-state index is 0.0780. The van der Waals surface area contributed by atoms with Crippen LogP contribution in [0.2, 0.25) is 0 Å². The second kappa shape index (κ2) is 6.30. The molecule has 4 amide bonds. The molecule has 120 valence electrons. The van der Waals surface area contributed by atoms with E-state index in [4.69, 9.17) is 5.11 Å². The van der Waals surface area contributed by atoms with Crippen LogP contribution in [0.15, 0.2) is 35.9 Å². The van der Waals surface area contributed by atoms with E-state index in [9.17, 15) is 19.2 Å². The number of likely N-dealkylation sites (N-methyl/N-ethyl adjacent to an activating group) is 2. The van der Waals surface area contributed by atoms with Crippen molar-refractivity contribution in [3.63, 3.8) is 0 Å². The number of barbiturate groups is 1. The van der Waals surface area contributed by atoms with Crippen molar-refractivity contribution in [2.45, 2.75) is 0 Å². The van der Waals surface area contributed by atoms with Crippen LogP contribution in [-0.4, -0.2) is 59.4 Å². The number of hydrogen-bond acceptors (Lipinski definition) is 5. The van der Waals surface area contributed by atoms with Gasteiger partial charge in [-0.2, -0.15) is 0 Å². The van der Waals surface area contributed by atoms with Crippen LogP contribution in [0.5, 0.6) is 0 Å². The number of carbonyl (C=O) groups is 4. The molecule has 2 N–H and O–H groups in total. The summed E-state index contributed by atoms with van der Waals surface area (Å²) in [6.45, 7) is -0.477. The third kappa shape index (κ3) is 3.05. The molecular weight excluding hydrogens is 302 g/mol. The highest BCUT2D eigenvalue weighted by atomic mass is 16.4. The first-order chi connectivity index (χ1) is 10.8. The molecule has 1 saturated heterocycles.